The Labute approximate surface area is 372 Å². The molecule has 0 unspecified atom stereocenters. The topological polar surface area (TPSA) is 148 Å². The molecule has 12 nitrogen and oxygen atoms in total. The summed E-state index contributed by atoms with van der Waals surface area (Å²) in [6.45, 7) is 5.20. The van der Waals surface area contributed by atoms with Gasteiger partial charge in [0.1, 0.15) is 12.6 Å². The van der Waals surface area contributed by atoms with Crippen molar-refractivity contribution < 1.29 is 28.8 Å². The summed E-state index contributed by atoms with van der Waals surface area (Å²) in [4.78, 5) is 87.2. The van der Waals surface area contributed by atoms with E-state index in [-0.39, 0.29) is 92.1 Å². The molecule has 6 amide bonds. The van der Waals surface area contributed by atoms with Gasteiger partial charge in [-0.15, -0.1) is 0 Å². The third kappa shape index (κ3) is 11.9. The van der Waals surface area contributed by atoms with E-state index in [1.165, 1.54) is 16.0 Å². The Morgan fingerprint density at radius 2 is 1.16 bits per heavy atom. The van der Waals surface area contributed by atoms with Crippen LogP contribution in [0.4, 0.5) is 0 Å². The van der Waals surface area contributed by atoms with Crippen LogP contribution in [0.3, 0.4) is 0 Å². The van der Waals surface area contributed by atoms with Crippen molar-refractivity contribution in [3.05, 3.63) is 107 Å². The van der Waals surface area contributed by atoms with Crippen LogP contribution in [0.5, 0.6) is 0 Å². The van der Waals surface area contributed by atoms with E-state index in [1.54, 1.807) is 34.1 Å². The fraction of sp³-hybridized carbons (Fsp3) is 0.529. The number of amides is 6. The number of piperazine rings is 1. The van der Waals surface area contributed by atoms with Crippen LogP contribution in [0.2, 0.25) is 0 Å². The Balaban J connectivity index is 0.985. The van der Waals surface area contributed by atoms with Crippen LogP contribution in [-0.4, -0.2) is 101 Å². The van der Waals surface area contributed by atoms with Crippen molar-refractivity contribution in [1.82, 2.24) is 30.7 Å². The molecule has 2 saturated heterocycles. The Kier molecular flexibility index (Phi) is 15.7. The minimum absolute atomic E-state index is 0.0114. The van der Waals surface area contributed by atoms with E-state index in [9.17, 15) is 28.8 Å². The summed E-state index contributed by atoms with van der Waals surface area (Å²) in [5.41, 5.74) is 3.54. The van der Waals surface area contributed by atoms with Crippen molar-refractivity contribution in [2.24, 2.45) is 11.8 Å². The van der Waals surface area contributed by atoms with Gasteiger partial charge in [-0.05, 0) is 54.5 Å². The molecule has 63 heavy (non-hydrogen) atoms. The van der Waals surface area contributed by atoms with E-state index in [1.807, 2.05) is 36.4 Å². The smallest absolute Gasteiger partial charge is 0.253 e. The van der Waals surface area contributed by atoms with E-state index >= 15 is 0 Å². The largest absolute Gasteiger partial charge is 0.354 e. The van der Waals surface area contributed by atoms with Gasteiger partial charge in [-0.3, -0.25) is 28.8 Å². The van der Waals surface area contributed by atoms with Gasteiger partial charge < -0.3 is 30.7 Å². The summed E-state index contributed by atoms with van der Waals surface area (Å²) < 4.78 is 0. The van der Waals surface area contributed by atoms with E-state index in [2.05, 4.69) is 54.1 Å². The molecule has 7 rings (SSSR count). The average molecular weight is 859 g/mol. The molecule has 0 aromatic heterocycles. The summed E-state index contributed by atoms with van der Waals surface area (Å²) in [7, 11) is 0. The second-order valence-electron chi connectivity index (χ2n) is 18.2. The van der Waals surface area contributed by atoms with Gasteiger partial charge >= 0.3 is 0 Å². The first-order chi connectivity index (χ1) is 30.6. The minimum Gasteiger partial charge on any atom is -0.354 e. The lowest BCUT2D eigenvalue weighted by Crippen LogP contribution is -2.62. The third-order valence-electron chi connectivity index (χ3n) is 13.4. The van der Waals surface area contributed by atoms with Crippen molar-refractivity contribution in [1.29, 1.82) is 0 Å². The molecule has 3 aromatic carbocycles. The molecule has 336 valence electrons. The van der Waals surface area contributed by atoms with E-state index in [0.717, 1.165) is 76.2 Å². The van der Waals surface area contributed by atoms with Gasteiger partial charge in [-0.2, -0.15) is 0 Å². The maximum absolute atomic E-state index is 14.1. The van der Waals surface area contributed by atoms with Gasteiger partial charge in [0.25, 0.3) is 5.91 Å². The summed E-state index contributed by atoms with van der Waals surface area (Å²) in [6, 6.07) is 26.4. The zero-order valence-corrected chi connectivity index (χ0v) is 37.1. The van der Waals surface area contributed by atoms with Crippen LogP contribution in [0, 0.1) is 11.8 Å². The zero-order valence-electron chi connectivity index (χ0n) is 37.1. The molecule has 7 atom stereocenters. The van der Waals surface area contributed by atoms with Gasteiger partial charge in [-0.1, -0.05) is 132 Å². The number of rotatable bonds is 21. The molecule has 2 aliphatic heterocycles. The van der Waals surface area contributed by atoms with Crippen LogP contribution in [0.15, 0.2) is 84.9 Å². The summed E-state index contributed by atoms with van der Waals surface area (Å²) >= 11 is 0. The number of hydrogen-bond acceptors (Lipinski definition) is 6. The number of hydrogen-bond donors (Lipinski definition) is 3. The SMILES string of the molecule is CCCCCCCC(=O)N1CC(=O)N(Cc2ccc(C(=O)N3C[C@@H](C(=O)N[C@H]4C[C@@H]4c4ccccc4)[C@H](C(=O)N[C@H]4C[C@@H]4c4ccccc4)C3)cc2)C[C@@H]1C(=O)NCCCCCC. The summed E-state index contributed by atoms with van der Waals surface area (Å²) in [6.07, 6.45) is 11.0. The molecule has 0 bridgehead atoms. The van der Waals surface area contributed by atoms with E-state index < -0.39 is 17.9 Å². The number of nitrogens with zero attached hydrogens (tertiary/aromatic N) is 3. The Hall–Kier alpha value is -5.52. The first kappa shape index (κ1) is 45.5. The van der Waals surface area contributed by atoms with Gasteiger partial charge in [-0.25, -0.2) is 0 Å². The first-order valence-electron chi connectivity index (χ1n) is 23.6. The predicted octanol–water partition coefficient (Wildman–Crippen LogP) is 6.32. The lowest BCUT2D eigenvalue weighted by molar-refractivity contribution is -0.154. The van der Waals surface area contributed by atoms with Crippen LogP contribution in [0.25, 0.3) is 0 Å². The molecule has 2 aliphatic carbocycles. The maximum atomic E-state index is 14.1. The monoisotopic (exact) mass is 859 g/mol. The van der Waals surface area contributed by atoms with Gasteiger partial charge in [0.2, 0.25) is 29.5 Å². The molecule has 0 radical (unpaired) electrons. The van der Waals surface area contributed by atoms with E-state index in [0.29, 0.717) is 18.5 Å². The Bertz CT molecular complexity index is 1970. The summed E-state index contributed by atoms with van der Waals surface area (Å²) in [5, 5.41) is 9.42. The number of likely N-dealkylation sites (tertiary alicyclic amines) is 1. The van der Waals surface area contributed by atoms with Crippen LogP contribution in [0.1, 0.15) is 130 Å². The number of nitrogens with one attached hydrogen (secondary N) is 3. The fourth-order valence-electron chi connectivity index (χ4n) is 9.39. The average Bonchev–Trinajstić information content (AvgIpc) is 4.21. The number of benzene rings is 3. The van der Waals surface area contributed by atoms with Crippen LogP contribution < -0.4 is 16.0 Å². The lowest BCUT2D eigenvalue weighted by atomic mass is 9.94. The van der Waals surface area contributed by atoms with Gasteiger partial charge in [0, 0.05) is 62.1 Å². The molecule has 2 heterocycles. The van der Waals surface area contributed by atoms with Crippen molar-refractivity contribution in [3.63, 3.8) is 0 Å². The highest BCUT2D eigenvalue weighted by Gasteiger charge is 2.49. The normalized spacial score (nSPS) is 23.9. The molecule has 0 spiro atoms. The highest BCUT2D eigenvalue weighted by atomic mass is 16.2. The van der Waals surface area contributed by atoms with Crippen molar-refractivity contribution >= 4 is 35.4 Å². The number of unbranched alkanes of at least 4 members (excludes halogenated alkanes) is 7. The standard InChI is InChI=1S/C51H66N6O6/c1-3-5-7-9-16-22-46(58)57-34-47(59)55(33-45(57)50(62)52-27-17-8-6-4-2)30-35-23-25-38(26-24-35)51(63)56-31-41(48(60)53-43-28-39(43)36-18-12-10-13-19-36)42(32-56)49(61)54-44-29-40(44)37-20-14-11-15-21-37/h10-15,18-21,23-26,39-45H,3-9,16-17,22,27-34H2,1-2H3,(H,52,62)(H,53,60)(H,54,61)/t39-,40-,41-,42-,43+,44+,45-/m1/s1. The molecule has 2 saturated carbocycles. The van der Waals surface area contributed by atoms with Crippen LogP contribution >= 0.6 is 0 Å². The number of carbonyl (C=O) groups excluding carboxylic acids is 6. The molecule has 4 aliphatic rings. The molecule has 4 fully saturated rings. The Morgan fingerprint density at radius 3 is 1.71 bits per heavy atom. The lowest BCUT2D eigenvalue weighted by Gasteiger charge is -2.40. The Morgan fingerprint density at radius 1 is 0.619 bits per heavy atom. The quantitative estimate of drug-likeness (QED) is 0.107. The zero-order chi connectivity index (χ0) is 44.3. The molecule has 12 heteroatoms. The first-order valence-corrected chi connectivity index (χ1v) is 23.6. The molecular formula is C51H66N6O6. The van der Waals surface area contributed by atoms with Gasteiger partial charge in [0.05, 0.1) is 18.4 Å². The van der Waals surface area contributed by atoms with Crippen molar-refractivity contribution in [2.75, 3.05) is 32.7 Å². The third-order valence-corrected chi connectivity index (χ3v) is 13.4. The maximum Gasteiger partial charge on any atom is 0.253 e. The molecule has 3 N–H and O–H groups in total. The van der Waals surface area contributed by atoms with Crippen molar-refractivity contribution in [2.45, 2.75) is 127 Å². The van der Waals surface area contributed by atoms with Crippen LogP contribution in [-0.2, 0) is 30.5 Å². The number of carbonyl (C=O) groups is 6. The second-order valence-corrected chi connectivity index (χ2v) is 18.2. The second kappa shape index (κ2) is 21.7. The minimum atomic E-state index is -0.781. The highest BCUT2D eigenvalue weighted by molar-refractivity contribution is 5.97. The van der Waals surface area contributed by atoms with E-state index in [4.69, 9.17) is 0 Å². The predicted molar refractivity (Wildman–Crippen MR) is 242 cm³/mol. The summed E-state index contributed by atoms with van der Waals surface area (Å²) in [5.74, 6) is -2.25. The molecule has 3 aromatic rings. The fourth-order valence-corrected chi connectivity index (χ4v) is 9.39. The van der Waals surface area contributed by atoms with Crippen molar-refractivity contribution in [3.8, 4) is 0 Å². The highest BCUT2D eigenvalue weighted by Crippen LogP contribution is 2.42. The molecular weight excluding hydrogens is 793 g/mol. The van der Waals surface area contributed by atoms with Gasteiger partial charge in [0.15, 0.2) is 0 Å².